The average Bonchev–Trinajstić information content (AvgIpc) is 2.65. The smallest absolute Gasteiger partial charge is 0.0931 e. The first kappa shape index (κ1) is 15.3. The van der Waals surface area contributed by atoms with E-state index >= 15 is 0 Å². The lowest BCUT2D eigenvalue weighted by Crippen LogP contribution is -2.35. The molecule has 1 aromatic rings. The van der Waals surface area contributed by atoms with E-state index in [1.54, 1.807) is 11.3 Å². The number of likely N-dealkylation sites (tertiary alicyclic amines) is 1. The first-order chi connectivity index (χ1) is 7.78. The second kappa shape index (κ2) is 7.59. The zero-order valence-corrected chi connectivity index (χ0v) is 12.3. The minimum Gasteiger partial charge on any atom is -0.330 e. The lowest BCUT2D eigenvalue weighted by atomic mass is 9.95. The molecule has 2 N–H and O–H groups in total. The SMILES string of the molecule is Cl.NCCC1CCCN(Cc2ccc(Cl)s2)C1. The largest absolute Gasteiger partial charge is 0.330 e. The third kappa shape index (κ3) is 4.76. The topological polar surface area (TPSA) is 29.3 Å². The first-order valence-corrected chi connectivity index (χ1v) is 7.14. The van der Waals surface area contributed by atoms with Crippen molar-refractivity contribution in [2.24, 2.45) is 11.7 Å². The Morgan fingerprint density at radius 3 is 2.94 bits per heavy atom. The highest BCUT2D eigenvalue weighted by molar-refractivity contribution is 7.16. The van der Waals surface area contributed by atoms with Crippen molar-refractivity contribution >= 4 is 35.3 Å². The zero-order valence-electron chi connectivity index (χ0n) is 9.90. The normalized spacial score (nSPS) is 21.2. The molecule has 2 heterocycles. The van der Waals surface area contributed by atoms with Crippen LogP contribution in [0.4, 0.5) is 0 Å². The minimum atomic E-state index is 0. The molecule has 2 rings (SSSR count). The van der Waals surface area contributed by atoms with Crippen molar-refractivity contribution in [3.63, 3.8) is 0 Å². The maximum Gasteiger partial charge on any atom is 0.0931 e. The van der Waals surface area contributed by atoms with E-state index in [4.69, 9.17) is 17.3 Å². The molecule has 98 valence electrons. The molecule has 0 aromatic carbocycles. The summed E-state index contributed by atoms with van der Waals surface area (Å²) in [4.78, 5) is 3.91. The van der Waals surface area contributed by atoms with Gasteiger partial charge in [-0.2, -0.15) is 0 Å². The Balaban J connectivity index is 0.00000144. The molecule has 1 unspecified atom stereocenters. The molecule has 0 bridgehead atoms. The molecule has 0 saturated carbocycles. The van der Waals surface area contributed by atoms with E-state index in [0.717, 1.165) is 23.3 Å². The number of nitrogens with two attached hydrogens (primary N) is 1. The standard InChI is InChI=1S/C12H19ClN2S.ClH/c13-12-4-3-11(16-12)9-15-7-1-2-10(8-15)5-6-14;/h3-4,10H,1-2,5-9,14H2;1H. The highest BCUT2D eigenvalue weighted by Crippen LogP contribution is 2.25. The fourth-order valence-corrected chi connectivity index (χ4v) is 3.55. The van der Waals surface area contributed by atoms with Crippen LogP contribution in [0.1, 0.15) is 24.1 Å². The maximum absolute atomic E-state index is 5.94. The Hall–Kier alpha value is 0.200. The molecule has 0 spiro atoms. The summed E-state index contributed by atoms with van der Waals surface area (Å²) in [5.74, 6) is 0.800. The molecule has 0 aliphatic carbocycles. The van der Waals surface area contributed by atoms with E-state index in [-0.39, 0.29) is 12.4 Å². The van der Waals surface area contributed by atoms with E-state index < -0.39 is 0 Å². The second-order valence-electron chi connectivity index (χ2n) is 4.53. The fraction of sp³-hybridized carbons (Fsp3) is 0.667. The number of hydrogen-bond acceptors (Lipinski definition) is 3. The molecule has 5 heteroatoms. The molecule has 0 radical (unpaired) electrons. The molecule has 2 nitrogen and oxygen atoms in total. The summed E-state index contributed by atoms with van der Waals surface area (Å²) in [6.45, 7) is 4.30. The lowest BCUT2D eigenvalue weighted by Gasteiger charge is -2.32. The van der Waals surface area contributed by atoms with Crippen molar-refractivity contribution in [3.8, 4) is 0 Å². The number of thiophene rings is 1. The molecular weight excluding hydrogens is 275 g/mol. The van der Waals surface area contributed by atoms with Crippen LogP contribution in [0.25, 0.3) is 0 Å². The third-order valence-corrected chi connectivity index (χ3v) is 4.40. The van der Waals surface area contributed by atoms with Crippen LogP contribution >= 0.6 is 35.3 Å². The highest BCUT2D eigenvalue weighted by atomic mass is 35.5. The number of piperidine rings is 1. The highest BCUT2D eigenvalue weighted by Gasteiger charge is 2.19. The van der Waals surface area contributed by atoms with Gasteiger partial charge in [-0.3, -0.25) is 4.90 Å². The number of rotatable bonds is 4. The van der Waals surface area contributed by atoms with Gasteiger partial charge in [0, 0.05) is 18.0 Å². The van der Waals surface area contributed by atoms with Crippen LogP contribution in [0.3, 0.4) is 0 Å². The average molecular weight is 295 g/mol. The third-order valence-electron chi connectivity index (χ3n) is 3.19. The van der Waals surface area contributed by atoms with E-state index in [1.165, 1.54) is 37.2 Å². The molecule has 1 atom stereocenters. The van der Waals surface area contributed by atoms with Crippen molar-refractivity contribution in [2.75, 3.05) is 19.6 Å². The van der Waals surface area contributed by atoms with E-state index in [1.807, 2.05) is 6.07 Å². The summed E-state index contributed by atoms with van der Waals surface area (Å²) in [6.07, 6.45) is 3.82. The molecule has 1 fully saturated rings. The van der Waals surface area contributed by atoms with E-state index in [0.29, 0.717) is 0 Å². The number of halogens is 2. The molecule has 1 saturated heterocycles. The molecule has 0 amide bonds. The van der Waals surface area contributed by atoms with Gasteiger partial charge in [0.05, 0.1) is 4.34 Å². The monoisotopic (exact) mass is 294 g/mol. The number of nitrogens with zero attached hydrogens (tertiary/aromatic N) is 1. The van der Waals surface area contributed by atoms with Crippen molar-refractivity contribution in [1.29, 1.82) is 0 Å². The summed E-state index contributed by atoms with van der Waals surface area (Å²) < 4.78 is 0.894. The Bertz CT molecular complexity index is 328. The fourth-order valence-electron chi connectivity index (χ4n) is 2.42. The second-order valence-corrected chi connectivity index (χ2v) is 6.33. The predicted octanol–water partition coefficient (Wildman–Crippen LogP) is 3.38. The van der Waals surface area contributed by atoms with Crippen molar-refractivity contribution in [1.82, 2.24) is 4.90 Å². The van der Waals surface area contributed by atoms with E-state index in [2.05, 4.69) is 11.0 Å². The van der Waals surface area contributed by atoms with Gasteiger partial charge in [-0.05, 0) is 50.4 Å². The summed E-state index contributed by atoms with van der Waals surface area (Å²) in [6, 6.07) is 4.13. The van der Waals surface area contributed by atoms with Crippen LogP contribution < -0.4 is 5.73 Å². The van der Waals surface area contributed by atoms with Gasteiger partial charge in [-0.1, -0.05) is 11.6 Å². The van der Waals surface area contributed by atoms with Crippen LogP contribution in [-0.2, 0) is 6.54 Å². The van der Waals surface area contributed by atoms with Crippen molar-refractivity contribution in [2.45, 2.75) is 25.8 Å². The molecular formula is C12H20Cl2N2S. The quantitative estimate of drug-likeness (QED) is 0.922. The lowest BCUT2D eigenvalue weighted by molar-refractivity contribution is 0.164. The van der Waals surface area contributed by atoms with Crippen molar-refractivity contribution in [3.05, 3.63) is 21.3 Å². The Labute approximate surface area is 119 Å². The Morgan fingerprint density at radius 2 is 2.29 bits per heavy atom. The van der Waals surface area contributed by atoms with Gasteiger partial charge < -0.3 is 5.73 Å². The van der Waals surface area contributed by atoms with Crippen LogP contribution in [0, 0.1) is 5.92 Å². The summed E-state index contributed by atoms with van der Waals surface area (Å²) in [5, 5.41) is 0. The zero-order chi connectivity index (χ0) is 11.4. The predicted molar refractivity (Wildman–Crippen MR) is 78.2 cm³/mol. The Kier molecular flexibility index (Phi) is 6.82. The van der Waals surface area contributed by atoms with Gasteiger partial charge >= 0.3 is 0 Å². The van der Waals surface area contributed by atoms with E-state index in [9.17, 15) is 0 Å². The van der Waals surface area contributed by atoms with Gasteiger partial charge in [0.15, 0.2) is 0 Å². The first-order valence-electron chi connectivity index (χ1n) is 5.94. The van der Waals surface area contributed by atoms with Crippen LogP contribution in [0.5, 0.6) is 0 Å². The molecule has 17 heavy (non-hydrogen) atoms. The van der Waals surface area contributed by atoms with Crippen LogP contribution in [0.15, 0.2) is 12.1 Å². The summed E-state index contributed by atoms with van der Waals surface area (Å²) in [7, 11) is 0. The van der Waals surface area contributed by atoms with Crippen LogP contribution in [0.2, 0.25) is 4.34 Å². The van der Waals surface area contributed by atoms with Gasteiger partial charge in [0.2, 0.25) is 0 Å². The summed E-state index contributed by atoms with van der Waals surface area (Å²) >= 11 is 7.64. The van der Waals surface area contributed by atoms with Gasteiger partial charge in [-0.25, -0.2) is 0 Å². The minimum absolute atomic E-state index is 0. The molecule has 1 aromatic heterocycles. The maximum atomic E-state index is 5.94. The van der Waals surface area contributed by atoms with Gasteiger partial charge in [0.1, 0.15) is 0 Å². The summed E-state index contributed by atoms with van der Waals surface area (Å²) in [5.41, 5.74) is 5.63. The van der Waals surface area contributed by atoms with Gasteiger partial charge in [-0.15, -0.1) is 23.7 Å². The van der Waals surface area contributed by atoms with Gasteiger partial charge in [0.25, 0.3) is 0 Å². The number of hydrogen-bond donors (Lipinski definition) is 1. The Morgan fingerprint density at radius 1 is 1.47 bits per heavy atom. The molecule has 1 aliphatic heterocycles. The van der Waals surface area contributed by atoms with Crippen molar-refractivity contribution < 1.29 is 0 Å². The molecule has 1 aliphatic rings. The van der Waals surface area contributed by atoms with Crippen LogP contribution in [-0.4, -0.2) is 24.5 Å².